The standard InChI is InChI=1S/C29H30FN3O4S2/c1-21-13-16-38-26(21)19-32(17-22-9-11-24(30)12-10-22)28(34)20-33(18-25-7-4-15-37-25)39(35,36)27-8-2-5-23-6-3-14-31-29(23)27/h2-3,5-6,8-14,16,25H,4,7,15,17-20H2,1H3. The van der Waals surface area contributed by atoms with Crippen LogP contribution in [0.1, 0.15) is 28.8 Å². The number of benzene rings is 2. The van der Waals surface area contributed by atoms with Crippen molar-refractivity contribution in [3.8, 4) is 0 Å². The van der Waals surface area contributed by atoms with Crippen LogP contribution in [0.25, 0.3) is 10.9 Å². The maximum absolute atomic E-state index is 14.1. The van der Waals surface area contributed by atoms with E-state index in [2.05, 4.69) is 4.98 Å². The highest BCUT2D eigenvalue weighted by atomic mass is 32.2. The van der Waals surface area contributed by atoms with Crippen LogP contribution in [0, 0.1) is 12.7 Å². The Hall–Kier alpha value is -3.18. The fourth-order valence-corrected chi connectivity index (χ4v) is 7.23. The summed E-state index contributed by atoms with van der Waals surface area (Å²) in [5.41, 5.74) is 2.18. The van der Waals surface area contributed by atoms with E-state index in [9.17, 15) is 17.6 Å². The van der Waals surface area contributed by atoms with Crippen LogP contribution in [-0.4, -0.2) is 54.3 Å². The summed E-state index contributed by atoms with van der Waals surface area (Å²) in [7, 11) is -4.10. The predicted octanol–water partition coefficient (Wildman–Crippen LogP) is 5.14. The first kappa shape index (κ1) is 27.4. The monoisotopic (exact) mass is 567 g/mol. The van der Waals surface area contributed by atoms with E-state index in [1.807, 2.05) is 30.5 Å². The van der Waals surface area contributed by atoms with Crippen LogP contribution in [0.4, 0.5) is 4.39 Å². The lowest BCUT2D eigenvalue weighted by atomic mass is 10.2. The van der Waals surface area contributed by atoms with Crippen molar-refractivity contribution in [3.63, 3.8) is 0 Å². The van der Waals surface area contributed by atoms with E-state index in [4.69, 9.17) is 4.74 Å². The molecule has 1 unspecified atom stereocenters. The maximum Gasteiger partial charge on any atom is 0.245 e. The highest BCUT2D eigenvalue weighted by Crippen LogP contribution is 2.27. The zero-order valence-corrected chi connectivity index (χ0v) is 23.3. The van der Waals surface area contributed by atoms with Gasteiger partial charge in [0.1, 0.15) is 10.7 Å². The Bertz CT molecular complexity index is 1550. The molecule has 3 heterocycles. The van der Waals surface area contributed by atoms with E-state index in [0.29, 0.717) is 24.1 Å². The Labute approximate surface area is 231 Å². The molecule has 4 aromatic rings. The largest absolute Gasteiger partial charge is 0.377 e. The van der Waals surface area contributed by atoms with Crippen molar-refractivity contribution in [2.45, 2.75) is 43.9 Å². The molecule has 0 aliphatic carbocycles. The molecule has 5 rings (SSSR count). The number of rotatable bonds is 10. The molecule has 7 nitrogen and oxygen atoms in total. The Morgan fingerprint density at radius 3 is 2.62 bits per heavy atom. The summed E-state index contributed by atoms with van der Waals surface area (Å²) in [6, 6.07) is 16.6. The normalized spacial score (nSPS) is 15.7. The fourth-order valence-electron chi connectivity index (χ4n) is 4.72. The number of hydrogen-bond acceptors (Lipinski definition) is 6. The lowest BCUT2D eigenvalue weighted by Gasteiger charge is -2.29. The van der Waals surface area contributed by atoms with Gasteiger partial charge in [-0.15, -0.1) is 11.3 Å². The third kappa shape index (κ3) is 6.36. The van der Waals surface area contributed by atoms with E-state index in [-0.39, 0.29) is 42.4 Å². The summed E-state index contributed by atoms with van der Waals surface area (Å²) in [4.78, 5) is 20.9. The molecule has 1 aliphatic heterocycles. The molecular weight excluding hydrogens is 537 g/mol. The van der Waals surface area contributed by atoms with Crippen molar-refractivity contribution >= 4 is 38.2 Å². The summed E-state index contributed by atoms with van der Waals surface area (Å²) in [5.74, 6) is -0.704. The van der Waals surface area contributed by atoms with Gasteiger partial charge in [-0.3, -0.25) is 9.78 Å². The van der Waals surface area contributed by atoms with Gasteiger partial charge in [-0.1, -0.05) is 30.3 Å². The van der Waals surface area contributed by atoms with Crippen molar-refractivity contribution in [3.05, 3.63) is 94.1 Å². The van der Waals surface area contributed by atoms with Crippen molar-refractivity contribution < 1.29 is 22.3 Å². The number of carbonyl (C=O) groups excluding carboxylic acids is 1. The summed E-state index contributed by atoms with van der Waals surface area (Å²) >= 11 is 1.54. The van der Waals surface area contributed by atoms with Crippen LogP contribution in [-0.2, 0) is 32.6 Å². The number of ether oxygens (including phenoxy) is 1. The minimum atomic E-state index is -4.10. The number of aryl methyl sites for hydroxylation is 1. The maximum atomic E-state index is 14.1. The van der Waals surface area contributed by atoms with Crippen LogP contribution >= 0.6 is 11.3 Å². The molecular formula is C29H30FN3O4S2. The highest BCUT2D eigenvalue weighted by Gasteiger charge is 2.33. The summed E-state index contributed by atoms with van der Waals surface area (Å²) in [6.07, 6.45) is 2.84. The van der Waals surface area contributed by atoms with Gasteiger partial charge < -0.3 is 9.64 Å². The van der Waals surface area contributed by atoms with Gasteiger partial charge in [-0.05, 0) is 66.6 Å². The Kier molecular flexibility index (Phi) is 8.37. The molecule has 1 saturated heterocycles. The first-order chi connectivity index (χ1) is 18.8. The lowest BCUT2D eigenvalue weighted by molar-refractivity contribution is -0.132. The second-order valence-electron chi connectivity index (χ2n) is 9.67. The molecule has 1 aliphatic rings. The third-order valence-corrected chi connectivity index (χ3v) is 9.75. The smallest absolute Gasteiger partial charge is 0.245 e. The number of hydrogen-bond donors (Lipinski definition) is 0. The van der Waals surface area contributed by atoms with Gasteiger partial charge in [0.15, 0.2) is 0 Å². The van der Waals surface area contributed by atoms with Crippen LogP contribution in [0.2, 0.25) is 0 Å². The number of thiophene rings is 1. The van der Waals surface area contributed by atoms with Crippen LogP contribution in [0.5, 0.6) is 0 Å². The number of nitrogens with zero attached hydrogens (tertiary/aromatic N) is 3. The van der Waals surface area contributed by atoms with Crippen molar-refractivity contribution in [1.29, 1.82) is 0 Å². The van der Waals surface area contributed by atoms with Gasteiger partial charge in [0.2, 0.25) is 15.9 Å². The third-order valence-electron chi connectivity index (χ3n) is 6.90. The van der Waals surface area contributed by atoms with E-state index in [1.165, 1.54) is 22.5 Å². The average molecular weight is 568 g/mol. The molecule has 2 aromatic heterocycles. The van der Waals surface area contributed by atoms with Crippen LogP contribution in [0.15, 0.2) is 77.1 Å². The molecule has 204 valence electrons. The molecule has 1 atom stereocenters. The quantitative estimate of drug-likeness (QED) is 0.265. The van der Waals surface area contributed by atoms with Gasteiger partial charge in [0, 0.05) is 36.2 Å². The number of carbonyl (C=O) groups is 1. The Morgan fingerprint density at radius 2 is 1.90 bits per heavy atom. The molecule has 0 N–H and O–H groups in total. The summed E-state index contributed by atoms with van der Waals surface area (Å²) < 4.78 is 48.7. The molecule has 0 saturated carbocycles. The summed E-state index contributed by atoms with van der Waals surface area (Å²) in [5, 5.41) is 2.67. The van der Waals surface area contributed by atoms with Gasteiger partial charge in [-0.25, -0.2) is 12.8 Å². The molecule has 2 aromatic carbocycles. The van der Waals surface area contributed by atoms with Crippen LogP contribution < -0.4 is 0 Å². The number of pyridine rings is 1. The molecule has 0 bridgehead atoms. The second kappa shape index (κ2) is 11.9. The van der Waals surface area contributed by atoms with Crippen molar-refractivity contribution in [2.75, 3.05) is 19.7 Å². The number of para-hydroxylation sites is 1. The van der Waals surface area contributed by atoms with Gasteiger partial charge in [0.25, 0.3) is 0 Å². The fraction of sp³-hybridized carbons (Fsp3) is 0.310. The second-order valence-corrected chi connectivity index (χ2v) is 12.6. The number of aromatic nitrogens is 1. The number of sulfonamides is 1. The zero-order valence-electron chi connectivity index (χ0n) is 21.6. The lowest BCUT2D eigenvalue weighted by Crippen LogP contribution is -2.45. The predicted molar refractivity (Wildman–Crippen MR) is 149 cm³/mol. The van der Waals surface area contributed by atoms with Gasteiger partial charge in [-0.2, -0.15) is 4.31 Å². The first-order valence-corrected chi connectivity index (χ1v) is 15.1. The Balaban J connectivity index is 1.47. The minimum absolute atomic E-state index is 0.0607. The molecule has 1 fully saturated rings. The molecule has 0 spiro atoms. The minimum Gasteiger partial charge on any atom is -0.377 e. The van der Waals surface area contributed by atoms with E-state index >= 15 is 0 Å². The average Bonchev–Trinajstić information content (AvgIpc) is 3.60. The highest BCUT2D eigenvalue weighted by molar-refractivity contribution is 7.89. The SMILES string of the molecule is Cc1ccsc1CN(Cc1ccc(F)cc1)C(=O)CN(CC1CCCO1)S(=O)(=O)c1cccc2cccnc12. The van der Waals surface area contributed by atoms with Crippen molar-refractivity contribution in [1.82, 2.24) is 14.2 Å². The van der Waals surface area contributed by atoms with Gasteiger partial charge in [0.05, 0.1) is 24.7 Å². The van der Waals surface area contributed by atoms with Gasteiger partial charge >= 0.3 is 0 Å². The van der Waals surface area contributed by atoms with Crippen molar-refractivity contribution in [2.24, 2.45) is 0 Å². The summed E-state index contributed by atoms with van der Waals surface area (Å²) in [6.45, 7) is 2.81. The number of amides is 1. The number of fused-ring (bicyclic) bond motifs is 1. The molecule has 1 amide bonds. The number of halogens is 1. The topological polar surface area (TPSA) is 79.8 Å². The first-order valence-electron chi connectivity index (χ1n) is 12.8. The Morgan fingerprint density at radius 1 is 1.10 bits per heavy atom. The van der Waals surface area contributed by atoms with Crippen LogP contribution in [0.3, 0.4) is 0 Å². The molecule has 10 heteroatoms. The molecule has 39 heavy (non-hydrogen) atoms. The van der Waals surface area contributed by atoms with E-state index in [1.54, 1.807) is 46.7 Å². The molecule has 0 radical (unpaired) electrons. The van der Waals surface area contributed by atoms with E-state index in [0.717, 1.165) is 28.8 Å². The zero-order chi connectivity index (χ0) is 27.4. The van der Waals surface area contributed by atoms with E-state index < -0.39 is 10.0 Å².